The number of benzene rings is 1. The average molecular weight is 348 g/mol. The van der Waals surface area contributed by atoms with E-state index < -0.39 is 0 Å². The topological polar surface area (TPSA) is 61.6 Å². The Morgan fingerprint density at radius 2 is 1.88 bits per heavy atom. The molecule has 7 heteroatoms. The van der Waals surface area contributed by atoms with Crippen molar-refractivity contribution in [3.63, 3.8) is 0 Å². The van der Waals surface area contributed by atoms with Gasteiger partial charge in [-0.25, -0.2) is 4.79 Å². The first-order valence-corrected chi connectivity index (χ1v) is 8.72. The van der Waals surface area contributed by atoms with Gasteiger partial charge in [-0.2, -0.15) is 0 Å². The summed E-state index contributed by atoms with van der Waals surface area (Å²) in [7, 11) is 5.83. The fraction of sp³-hybridized carbons (Fsp3) is 0.412. The molecule has 6 nitrogen and oxygen atoms in total. The molecule has 0 aliphatic rings. The number of aryl methyl sites for hydroxylation is 2. The molecule has 0 aliphatic heterocycles. The Morgan fingerprint density at radius 1 is 1.21 bits per heavy atom. The predicted molar refractivity (Wildman–Crippen MR) is 99.1 cm³/mol. The molecule has 0 unspecified atom stereocenters. The summed E-state index contributed by atoms with van der Waals surface area (Å²) in [6, 6.07) is 7.64. The average Bonchev–Trinajstić information content (AvgIpc) is 2.87. The summed E-state index contributed by atoms with van der Waals surface area (Å²) in [5.74, 6) is 1.66. The van der Waals surface area contributed by atoms with E-state index in [-0.39, 0.29) is 6.03 Å². The molecule has 0 bridgehead atoms. The van der Waals surface area contributed by atoms with Gasteiger partial charge in [0.2, 0.25) is 0 Å². The lowest BCUT2D eigenvalue weighted by molar-refractivity contribution is 0.258. The van der Waals surface area contributed by atoms with Crippen LogP contribution in [0.5, 0.6) is 0 Å². The molecule has 1 N–H and O–H groups in total. The highest BCUT2D eigenvalue weighted by molar-refractivity contribution is 7.99. The number of hydrogen-bond acceptors (Lipinski definition) is 5. The van der Waals surface area contributed by atoms with Crippen molar-refractivity contribution in [2.75, 3.05) is 43.7 Å². The zero-order chi connectivity index (χ0) is 17.7. The number of anilines is 2. The molecule has 1 aromatic carbocycles. The van der Waals surface area contributed by atoms with E-state index in [2.05, 4.69) is 29.5 Å². The van der Waals surface area contributed by atoms with Gasteiger partial charge >= 0.3 is 6.03 Å². The van der Waals surface area contributed by atoms with Crippen molar-refractivity contribution in [3.8, 4) is 0 Å². The highest BCUT2D eigenvalue weighted by Gasteiger charge is 2.19. The van der Waals surface area contributed by atoms with Crippen LogP contribution in [0.25, 0.3) is 0 Å². The number of aromatic nitrogens is 1. The minimum absolute atomic E-state index is 0.225. The zero-order valence-electron chi connectivity index (χ0n) is 14.8. The SMILES string of the molecule is Cc1noc(C)c1N(C)C(=O)Nc1ccc(SCCN(C)C)cc1. The van der Waals surface area contributed by atoms with E-state index in [0.29, 0.717) is 17.1 Å². The van der Waals surface area contributed by atoms with Gasteiger partial charge in [0.25, 0.3) is 0 Å². The number of thioether (sulfide) groups is 1. The molecule has 0 radical (unpaired) electrons. The number of carbonyl (C=O) groups excluding carboxylic acids is 1. The molecule has 0 saturated carbocycles. The van der Waals surface area contributed by atoms with Gasteiger partial charge in [-0.05, 0) is 52.2 Å². The Morgan fingerprint density at radius 3 is 2.42 bits per heavy atom. The molecular formula is C17H24N4O2S. The van der Waals surface area contributed by atoms with E-state index in [1.807, 2.05) is 31.2 Å². The lowest BCUT2D eigenvalue weighted by atomic mass is 10.3. The van der Waals surface area contributed by atoms with Crippen molar-refractivity contribution in [3.05, 3.63) is 35.7 Å². The fourth-order valence-corrected chi connectivity index (χ4v) is 3.27. The van der Waals surface area contributed by atoms with Gasteiger partial charge in [-0.3, -0.25) is 4.90 Å². The Balaban J connectivity index is 1.94. The highest BCUT2D eigenvalue weighted by Crippen LogP contribution is 2.24. The lowest BCUT2D eigenvalue weighted by Crippen LogP contribution is -2.31. The largest absolute Gasteiger partial charge is 0.359 e. The van der Waals surface area contributed by atoms with Crippen LogP contribution in [0.15, 0.2) is 33.7 Å². The van der Waals surface area contributed by atoms with E-state index in [1.165, 1.54) is 9.80 Å². The van der Waals surface area contributed by atoms with Crippen LogP contribution in [0.1, 0.15) is 11.5 Å². The van der Waals surface area contributed by atoms with Crippen molar-refractivity contribution in [2.24, 2.45) is 0 Å². The molecule has 24 heavy (non-hydrogen) atoms. The molecule has 2 rings (SSSR count). The summed E-state index contributed by atoms with van der Waals surface area (Å²) < 4.78 is 5.11. The van der Waals surface area contributed by atoms with E-state index in [1.54, 1.807) is 25.7 Å². The van der Waals surface area contributed by atoms with Crippen LogP contribution in [0.4, 0.5) is 16.2 Å². The van der Waals surface area contributed by atoms with Crippen molar-refractivity contribution < 1.29 is 9.32 Å². The van der Waals surface area contributed by atoms with E-state index in [0.717, 1.165) is 18.0 Å². The summed E-state index contributed by atoms with van der Waals surface area (Å²) in [6.07, 6.45) is 0. The maximum absolute atomic E-state index is 12.4. The summed E-state index contributed by atoms with van der Waals surface area (Å²) in [5, 5.41) is 6.76. The molecule has 0 spiro atoms. The van der Waals surface area contributed by atoms with Gasteiger partial charge in [0, 0.05) is 29.9 Å². The normalized spacial score (nSPS) is 10.9. The molecule has 0 fully saturated rings. The van der Waals surface area contributed by atoms with E-state index >= 15 is 0 Å². The number of urea groups is 1. The van der Waals surface area contributed by atoms with Gasteiger partial charge in [-0.15, -0.1) is 11.8 Å². The number of nitrogens with one attached hydrogen (secondary N) is 1. The standard InChI is InChI=1S/C17H24N4O2S/c1-12-16(13(2)23-19-12)21(5)17(22)18-14-6-8-15(9-7-14)24-11-10-20(3)4/h6-9H,10-11H2,1-5H3,(H,18,22). The molecular weight excluding hydrogens is 324 g/mol. The summed E-state index contributed by atoms with van der Waals surface area (Å²) >= 11 is 1.80. The molecule has 2 amide bonds. The second-order valence-corrected chi connectivity index (χ2v) is 7.01. The first-order valence-electron chi connectivity index (χ1n) is 7.73. The van der Waals surface area contributed by atoms with Crippen LogP contribution in [0.2, 0.25) is 0 Å². The molecule has 1 aromatic heterocycles. The molecule has 0 atom stereocenters. The van der Waals surface area contributed by atoms with E-state index in [9.17, 15) is 4.79 Å². The van der Waals surface area contributed by atoms with Crippen LogP contribution in [0.3, 0.4) is 0 Å². The minimum Gasteiger partial charge on any atom is -0.359 e. The minimum atomic E-state index is -0.225. The zero-order valence-corrected chi connectivity index (χ0v) is 15.6. The van der Waals surface area contributed by atoms with E-state index in [4.69, 9.17) is 4.52 Å². The van der Waals surface area contributed by atoms with Gasteiger partial charge in [0.15, 0.2) is 5.76 Å². The van der Waals surface area contributed by atoms with Gasteiger partial charge in [0.1, 0.15) is 11.4 Å². The number of amides is 2. The smallest absolute Gasteiger partial charge is 0.326 e. The Bertz CT molecular complexity index is 663. The van der Waals surface area contributed by atoms with Crippen LogP contribution in [-0.2, 0) is 0 Å². The Labute approximate surface area is 147 Å². The summed E-state index contributed by atoms with van der Waals surface area (Å²) in [6.45, 7) is 4.64. The maximum Gasteiger partial charge on any atom is 0.326 e. The van der Waals surface area contributed by atoms with Crippen molar-refractivity contribution >= 4 is 29.2 Å². The Kier molecular flexibility index (Phi) is 6.28. The van der Waals surface area contributed by atoms with Gasteiger partial charge in [-0.1, -0.05) is 5.16 Å². The van der Waals surface area contributed by atoms with Crippen LogP contribution >= 0.6 is 11.8 Å². The molecule has 1 heterocycles. The third-order valence-electron chi connectivity index (χ3n) is 3.55. The highest BCUT2D eigenvalue weighted by atomic mass is 32.2. The molecule has 130 valence electrons. The monoisotopic (exact) mass is 348 g/mol. The number of carbonyl (C=O) groups is 1. The van der Waals surface area contributed by atoms with Crippen LogP contribution < -0.4 is 10.2 Å². The second kappa shape index (κ2) is 8.21. The third-order valence-corrected chi connectivity index (χ3v) is 4.54. The predicted octanol–water partition coefficient (Wildman–Crippen LogP) is 3.61. The van der Waals surface area contributed by atoms with Crippen LogP contribution in [0, 0.1) is 13.8 Å². The summed E-state index contributed by atoms with van der Waals surface area (Å²) in [4.78, 5) is 17.2. The second-order valence-electron chi connectivity index (χ2n) is 5.84. The quantitative estimate of drug-likeness (QED) is 0.808. The van der Waals surface area contributed by atoms with Crippen molar-refractivity contribution in [1.29, 1.82) is 0 Å². The lowest BCUT2D eigenvalue weighted by Gasteiger charge is -2.17. The maximum atomic E-state index is 12.4. The molecule has 0 aliphatic carbocycles. The number of rotatable bonds is 6. The number of hydrogen-bond donors (Lipinski definition) is 1. The fourth-order valence-electron chi connectivity index (χ4n) is 2.25. The molecule has 2 aromatic rings. The van der Waals surface area contributed by atoms with Crippen molar-refractivity contribution in [2.45, 2.75) is 18.7 Å². The van der Waals surface area contributed by atoms with Gasteiger partial charge in [0.05, 0.1) is 0 Å². The first kappa shape index (κ1) is 18.4. The van der Waals surface area contributed by atoms with Crippen LogP contribution in [-0.4, -0.2) is 49.5 Å². The van der Waals surface area contributed by atoms with Crippen molar-refractivity contribution in [1.82, 2.24) is 10.1 Å². The third kappa shape index (κ3) is 4.75. The first-order chi connectivity index (χ1) is 11.4. The molecule has 0 saturated heterocycles. The Hall–Kier alpha value is -1.99. The number of nitrogens with zero attached hydrogens (tertiary/aromatic N) is 3. The summed E-state index contributed by atoms with van der Waals surface area (Å²) in [5.41, 5.74) is 2.15. The van der Waals surface area contributed by atoms with Gasteiger partial charge < -0.3 is 14.7 Å².